The molecule has 6 heteroatoms. The van der Waals surface area contributed by atoms with Crippen LogP contribution in [0.1, 0.15) is 27.7 Å². The summed E-state index contributed by atoms with van der Waals surface area (Å²) >= 11 is 1.51. The van der Waals surface area contributed by atoms with Crippen molar-refractivity contribution in [2.75, 3.05) is 26.7 Å². The molecule has 144 valence electrons. The number of nitrogens with zero attached hydrogens (tertiary/aromatic N) is 2. The Bertz CT molecular complexity index is 968. The number of benzene rings is 2. The van der Waals surface area contributed by atoms with Gasteiger partial charge in [-0.3, -0.25) is 4.79 Å². The maximum absolute atomic E-state index is 13.3. The minimum absolute atomic E-state index is 0.0352. The Morgan fingerprint density at radius 3 is 2.79 bits per heavy atom. The Labute approximate surface area is 169 Å². The molecule has 0 aliphatic carbocycles. The number of thiazole rings is 1. The fourth-order valence-electron chi connectivity index (χ4n) is 3.51. The second-order valence-electron chi connectivity index (χ2n) is 6.86. The van der Waals surface area contributed by atoms with Crippen LogP contribution in [0.3, 0.4) is 0 Å². The molecule has 1 aliphatic rings. The molecule has 4 rings (SSSR count). The number of aryl methyl sites for hydroxylation is 1. The number of ether oxygens (including phenoxy) is 1. The Morgan fingerprint density at radius 1 is 1.21 bits per heavy atom. The smallest absolute Gasteiger partial charge is 0.273 e. The molecule has 1 N–H and O–H groups in total. The molecular formula is C22H23N3O2S. The molecule has 1 aliphatic heterocycles. The van der Waals surface area contributed by atoms with Crippen LogP contribution in [0.5, 0.6) is 5.75 Å². The molecule has 0 saturated carbocycles. The highest BCUT2D eigenvalue weighted by atomic mass is 32.1. The summed E-state index contributed by atoms with van der Waals surface area (Å²) in [6.45, 7) is 4.16. The third-order valence-electron chi connectivity index (χ3n) is 5.02. The second kappa shape index (κ2) is 8.12. The number of piperazine rings is 1. The van der Waals surface area contributed by atoms with Crippen molar-refractivity contribution in [3.63, 3.8) is 0 Å². The number of methoxy groups -OCH3 is 1. The van der Waals surface area contributed by atoms with E-state index in [-0.39, 0.29) is 11.9 Å². The van der Waals surface area contributed by atoms with Crippen molar-refractivity contribution in [3.8, 4) is 16.3 Å². The topological polar surface area (TPSA) is 54.5 Å². The van der Waals surface area contributed by atoms with Crippen molar-refractivity contribution in [1.82, 2.24) is 15.2 Å². The highest BCUT2D eigenvalue weighted by Gasteiger charge is 2.31. The van der Waals surface area contributed by atoms with Crippen LogP contribution in [0.4, 0.5) is 0 Å². The molecule has 28 heavy (non-hydrogen) atoms. The lowest BCUT2D eigenvalue weighted by Crippen LogP contribution is -2.48. The predicted octanol–water partition coefficient (Wildman–Crippen LogP) is 3.91. The van der Waals surface area contributed by atoms with Crippen LogP contribution >= 0.6 is 11.3 Å². The molecular weight excluding hydrogens is 370 g/mol. The fourth-order valence-corrected chi connectivity index (χ4v) is 4.31. The van der Waals surface area contributed by atoms with Crippen molar-refractivity contribution in [2.24, 2.45) is 0 Å². The molecule has 1 atom stereocenters. The summed E-state index contributed by atoms with van der Waals surface area (Å²) < 4.78 is 5.52. The summed E-state index contributed by atoms with van der Waals surface area (Å²) in [4.78, 5) is 19.8. The number of hydrogen-bond acceptors (Lipinski definition) is 5. The van der Waals surface area contributed by atoms with Gasteiger partial charge in [-0.25, -0.2) is 4.98 Å². The van der Waals surface area contributed by atoms with Gasteiger partial charge in [-0.15, -0.1) is 11.3 Å². The summed E-state index contributed by atoms with van der Waals surface area (Å²) in [5.74, 6) is 0.764. The zero-order chi connectivity index (χ0) is 19.5. The van der Waals surface area contributed by atoms with Crippen LogP contribution in [0, 0.1) is 6.92 Å². The monoisotopic (exact) mass is 393 g/mol. The minimum Gasteiger partial charge on any atom is -0.496 e. The van der Waals surface area contributed by atoms with Gasteiger partial charge in [-0.2, -0.15) is 0 Å². The Kier molecular flexibility index (Phi) is 5.41. The second-order valence-corrected chi connectivity index (χ2v) is 7.72. The molecule has 0 radical (unpaired) electrons. The van der Waals surface area contributed by atoms with Crippen LogP contribution in [-0.4, -0.2) is 42.5 Å². The van der Waals surface area contributed by atoms with Gasteiger partial charge in [0.1, 0.15) is 16.5 Å². The van der Waals surface area contributed by atoms with Gasteiger partial charge in [0.25, 0.3) is 5.91 Å². The first kappa shape index (κ1) is 18.7. The molecule has 0 bridgehead atoms. The molecule has 1 aromatic heterocycles. The van der Waals surface area contributed by atoms with Crippen LogP contribution < -0.4 is 10.1 Å². The third kappa shape index (κ3) is 3.66. The molecule has 1 amide bonds. The van der Waals surface area contributed by atoms with Gasteiger partial charge in [0, 0.05) is 36.1 Å². The highest BCUT2D eigenvalue weighted by Crippen LogP contribution is 2.32. The lowest BCUT2D eigenvalue weighted by Gasteiger charge is -2.36. The van der Waals surface area contributed by atoms with E-state index in [2.05, 4.69) is 29.4 Å². The average molecular weight is 394 g/mol. The van der Waals surface area contributed by atoms with E-state index in [0.29, 0.717) is 18.8 Å². The normalized spacial score (nSPS) is 16.8. The Morgan fingerprint density at radius 2 is 2.00 bits per heavy atom. The molecule has 3 aromatic rings. The summed E-state index contributed by atoms with van der Waals surface area (Å²) in [7, 11) is 1.66. The van der Waals surface area contributed by atoms with Crippen molar-refractivity contribution in [1.29, 1.82) is 0 Å². The van der Waals surface area contributed by atoms with Crippen LogP contribution in [0.25, 0.3) is 10.6 Å². The SMILES string of the molecule is COc1ccccc1C1CNCCN1C(=O)c1csc(-c2ccc(C)cc2)n1. The lowest BCUT2D eigenvalue weighted by molar-refractivity contribution is 0.0626. The molecule has 5 nitrogen and oxygen atoms in total. The van der Waals surface area contributed by atoms with Crippen LogP contribution in [-0.2, 0) is 0 Å². The molecule has 0 spiro atoms. The standard InChI is InChI=1S/C22H23N3O2S/c1-15-7-9-16(10-8-15)21-24-18(14-28-21)22(26)25-12-11-23-13-19(25)17-5-3-4-6-20(17)27-2/h3-10,14,19,23H,11-13H2,1-2H3. The van der Waals surface area contributed by atoms with E-state index in [1.165, 1.54) is 16.9 Å². The number of carbonyl (C=O) groups excluding carboxylic acids is 1. The van der Waals surface area contributed by atoms with Gasteiger partial charge in [0.15, 0.2) is 0 Å². The zero-order valence-corrected chi connectivity index (χ0v) is 16.8. The summed E-state index contributed by atoms with van der Waals surface area (Å²) in [5, 5.41) is 6.12. The number of aromatic nitrogens is 1. The summed E-state index contributed by atoms with van der Waals surface area (Å²) in [6, 6.07) is 16.0. The maximum Gasteiger partial charge on any atom is 0.273 e. The van der Waals surface area contributed by atoms with Crippen LogP contribution in [0.2, 0.25) is 0 Å². The number of nitrogens with one attached hydrogen (secondary N) is 1. The van der Waals surface area contributed by atoms with E-state index in [0.717, 1.165) is 28.4 Å². The largest absolute Gasteiger partial charge is 0.496 e. The molecule has 1 fully saturated rings. The minimum atomic E-state index is -0.0816. The lowest BCUT2D eigenvalue weighted by atomic mass is 10.0. The maximum atomic E-state index is 13.3. The number of rotatable bonds is 4. The van der Waals surface area contributed by atoms with Crippen molar-refractivity contribution < 1.29 is 9.53 Å². The molecule has 1 saturated heterocycles. The number of para-hydroxylation sites is 1. The first-order valence-electron chi connectivity index (χ1n) is 9.34. The summed E-state index contributed by atoms with van der Waals surface area (Å²) in [6.07, 6.45) is 0. The summed E-state index contributed by atoms with van der Waals surface area (Å²) in [5.41, 5.74) is 3.76. The van der Waals surface area contributed by atoms with E-state index < -0.39 is 0 Å². The molecule has 2 aromatic carbocycles. The number of hydrogen-bond donors (Lipinski definition) is 1. The fraction of sp³-hybridized carbons (Fsp3) is 0.273. The van der Waals surface area contributed by atoms with Crippen LogP contribution in [0.15, 0.2) is 53.9 Å². The van der Waals surface area contributed by atoms with Crippen molar-refractivity contribution in [2.45, 2.75) is 13.0 Å². The van der Waals surface area contributed by atoms with Gasteiger partial charge in [0.2, 0.25) is 0 Å². The number of amides is 1. The van der Waals surface area contributed by atoms with Crippen molar-refractivity contribution in [3.05, 3.63) is 70.7 Å². The quantitative estimate of drug-likeness (QED) is 0.730. The first-order chi connectivity index (χ1) is 13.7. The van der Waals surface area contributed by atoms with E-state index in [9.17, 15) is 4.79 Å². The average Bonchev–Trinajstić information content (AvgIpc) is 3.24. The van der Waals surface area contributed by atoms with Gasteiger partial charge < -0.3 is 15.0 Å². The Hall–Kier alpha value is -2.70. The highest BCUT2D eigenvalue weighted by molar-refractivity contribution is 7.13. The van der Waals surface area contributed by atoms with Gasteiger partial charge in [-0.1, -0.05) is 48.0 Å². The molecule has 1 unspecified atom stereocenters. The predicted molar refractivity (Wildman–Crippen MR) is 112 cm³/mol. The Balaban J connectivity index is 1.61. The van der Waals surface area contributed by atoms with E-state index in [1.54, 1.807) is 7.11 Å². The van der Waals surface area contributed by atoms with Gasteiger partial charge in [-0.05, 0) is 13.0 Å². The first-order valence-corrected chi connectivity index (χ1v) is 10.2. The molecule has 2 heterocycles. The zero-order valence-electron chi connectivity index (χ0n) is 16.0. The van der Waals surface area contributed by atoms with E-state index in [1.807, 2.05) is 46.7 Å². The van der Waals surface area contributed by atoms with E-state index >= 15 is 0 Å². The van der Waals surface area contributed by atoms with Crippen molar-refractivity contribution >= 4 is 17.2 Å². The number of carbonyl (C=O) groups is 1. The van der Waals surface area contributed by atoms with Gasteiger partial charge in [0.05, 0.1) is 13.2 Å². The van der Waals surface area contributed by atoms with E-state index in [4.69, 9.17) is 4.74 Å². The third-order valence-corrected chi connectivity index (χ3v) is 5.92. The van der Waals surface area contributed by atoms with Gasteiger partial charge >= 0.3 is 0 Å².